The number of nitrogens with zero attached hydrogens (tertiary/aromatic N) is 3. The lowest BCUT2D eigenvalue weighted by atomic mass is 9.82. The van der Waals surface area contributed by atoms with Crippen molar-refractivity contribution in [3.63, 3.8) is 0 Å². The summed E-state index contributed by atoms with van der Waals surface area (Å²) in [6.45, 7) is 0.522. The third kappa shape index (κ3) is 7.14. The molecule has 0 saturated heterocycles. The second-order valence-corrected chi connectivity index (χ2v) is 11.9. The number of aromatic nitrogens is 2. The zero-order valence-electron chi connectivity index (χ0n) is 21.8. The zero-order chi connectivity index (χ0) is 29.3. The minimum Gasteiger partial charge on any atom is -0.362 e. The van der Waals surface area contributed by atoms with Crippen LogP contribution < -0.4 is 14.9 Å². The number of nitrogens with one attached hydrogen (secondary N) is 2. The Morgan fingerprint density at radius 3 is 1.95 bits per heavy atom. The highest BCUT2D eigenvalue weighted by Gasteiger charge is 2.38. The van der Waals surface area contributed by atoms with Gasteiger partial charge in [0.2, 0.25) is 16.0 Å². The van der Waals surface area contributed by atoms with Crippen molar-refractivity contribution in [3.8, 4) is 0 Å². The van der Waals surface area contributed by atoms with E-state index in [0.29, 0.717) is 25.3 Å². The van der Waals surface area contributed by atoms with Gasteiger partial charge in [0.25, 0.3) is 0 Å². The Balaban J connectivity index is 1.34. The molecule has 0 amide bonds. The van der Waals surface area contributed by atoms with Crippen molar-refractivity contribution in [1.82, 2.24) is 14.7 Å². The SMILES string of the molecule is CN(C)c1nc(NC[C@H]2CC[C@H](CNS(=O)(=O)c3cc(C(F)(F)F)cc(C(F)(F)F)c3)CC2)nc2ccccc12. The van der Waals surface area contributed by atoms with E-state index in [-0.39, 0.29) is 36.6 Å². The van der Waals surface area contributed by atoms with Gasteiger partial charge in [0.1, 0.15) is 5.82 Å². The predicted octanol–water partition coefficient (Wildman–Crippen LogP) is 5.93. The highest BCUT2D eigenvalue weighted by molar-refractivity contribution is 7.89. The number of para-hydroxylation sites is 1. The molecule has 2 N–H and O–H groups in total. The second kappa shape index (κ2) is 11.4. The van der Waals surface area contributed by atoms with E-state index in [1.807, 2.05) is 43.3 Å². The van der Waals surface area contributed by atoms with Crippen LogP contribution in [0.25, 0.3) is 10.9 Å². The summed E-state index contributed by atoms with van der Waals surface area (Å²) >= 11 is 0. The summed E-state index contributed by atoms with van der Waals surface area (Å²) < 4.78 is 106. The van der Waals surface area contributed by atoms with Crippen LogP contribution in [0.3, 0.4) is 0 Å². The van der Waals surface area contributed by atoms with Crippen molar-refractivity contribution in [1.29, 1.82) is 0 Å². The van der Waals surface area contributed by atoms with Gasteiger partial charge < -0.3 is 10.2 Å². The minimum absolute atomic E-state index is 0.0833. The Morgan fingerprint density at radius 2 is 1.40 bits per heavy atom. The van der Waals surface area contributed by atoms with Gasteiger partial charge in [0.15, 0.2) is 0 Å². The molecule has 1 aliphatic rings. The fourth-order valence-electron chi connectivity index (χ4n) is 4.75. The molecule has 1 saturated carbocycles. The van der Waals surface area contributed by atoms with Gasteiger partial charge >= 0.3 is 12.4 Å². The predicted molar refractivity (Wildman–Crippen MR) is 139 cm³/mol. The Morgan fingerprint density at radius 1 is 0.850 bits per heavy atom. The number of hydrogen-bond acceptors (Lipinski definition) is 6. The third-order valence-corrected chi connectivity index (χ3v) is 8.36. The molecule has 0 aliphatic heterocycles. The average Bonchev–Trinajstić information content (AvgIpc) is 2.89. The maximum absolute atomic E-state index is 13.1. The van der Waals surface area contributed by atoms with Crippen molar-refractivity contribution in [3.05, 3.63) is 53.6 Å². The van der Waals surface area contributed by atoms with Crippen LogP contribution in [-0.4, -0.2) is 45.6 Å². The van der Waals surface area contributed by atoms with E-state index >= 15 is 0 Å². The first-order valence-corrected chi connectivity index (χ1v) is 14.1. The molecule has 0 spiro atoms. The lowest BCUT2D eigenvalue weighted by molar-refractivity contribution is -0.143. The van der Waals surface area contributed by atoms with Gasteiger partial charge in [0.05, 0.1) is 21.5 Å². The van der Waals surface area contributed by atoms with Crippen LogP contribution in [0.2, 0.25) is 0 Å². The van der Waals surface area contributed by atoms with Crippen molar-refractivity contribution in [2.45, 2.75) is 42.9 Å². The van der Waals surface area contributed by atoms with Crippen molar-refractivity contribution in [2.75, 3.05) is 37.4 Å². The van der Waals surface area contributed by atoms with Gasteiger partial charge in [-0.25, -0.2) is 18.1 Å². The maximum atomic E-state index is 13.1. The lowest BCUT2D eigenvalue weighted by Crippen LogP contribution is -2.32. The van der Waals surface area contributed by atoms with Crippen molar-refractivity contribution >= 4 is 32.7 Å². The topological polar surface area (TPSA) is 87.2 Å². The van der Waals surface area contributed by atoms with E-state index in [4.69, 9.17) is 0 Å². The van der Waals surface area contributed by atoms with Crippen LogP contribution in [0.15, 0.2) is 47.4 Å². The van der Waals surface area contributed by atoms with Gasteiger partial charge in [0, 0.05) is 32.6 Å². The number of benzene rings is 2. The molecule has 1 aromatic heterocycles. The molecule has 1 fully saturated rings. The molecule has 0 bridgehead atoms. The lowest BCUT2D eigenvalue weighted by Gasteiger charge is -2.29. The summed E-state index contributed by atoms with van der Waals surface area (Å²) in [5.74, 6) is 1.45. The van der Waals surface area contributed by atoms with Crippen molar-refractivity contribution < 1.29 is 34.8 Å². The summed E-state index contributed by atoms with van der Waals surface area (Å²) in [5, 5.41) is 4.22. The van der Waals surface area contributed by atoms with E-state index in [1.54, 1.807) is 0 Å². The van der Waals surface area contributed by atoms with E-state index < -0.39 is 38.4 Å². The standard InChI is InChI=1S/C26H29F6N5O2S/c1-37(2)23-21-5-3-4-6-22(21)35-24(36-23)33-14-16-7-9-17(10-8-16)15-34-40(38,39)20-12-18(25(27,28)29)11-19(13-20)26(30,31)32/h3-6,11-13,16-17,34H,7-10,14-15H2,1-2H3,(H,33,35,36)/t16-,17-. The molecular weight excluding hydrogens is 560 g/mol. The largest absolute Gasteiger partial charge is 0.416 e. The molecule has 2 aromatic carbocycles. The monoisotopic (exact) mass is 589 g/mol. The quantitative estimate of drug-likeness (QED) is 0.317. The molecule has 0 radical (unpaired) electrons. The molecule has 1 aliphatic carbocycles. The number of anilines is 2. The number of sulfonamides is 1. The summed E-state index contributed by atoms with van der Waals surface area (Å²) in [6, 6.07) is 8.02. The molecule has 40 heavy (non-hydrogen) atoms. The molecule has 4 rings (SSSR count). The summed E-state index contributed by atoms with van der Waals surface area (Å²) in [4.78, 5) is 10.0. The highest BCUT2D eigenvalue weighted by atomic mass is 32.2. The van der Waals surface area contributed by atoms with Gasteiger partial charge in [-0.1, -0.05) is 12.1 Å². The van der Waals surface area contributed by atoms with Crippen LogP contribution in [0, 0.1) is 11.8 Å². The molecule has 0 atom stereocenters. The fraction of sp³-hybridized carbons (Fsp3) is 0.462. The molecule has 7 nitrogen and oxygen atoms in total. The van der Waals surface area contributed by atoms with Crippen LogP contribution in [-0.2, 0) is 22.4 Å². The first-order chi connectivity index (χ1) is 18.6. The Hall–Kier alpha value is -3.13. The highest BCUT2D eigenvalue weighted by Crippen LogP contribution is 2.37. The normalized spacial score (nSPS) is 18.6. The minimum atomic E-state index is -5.14. The molecule has 0 unspecified atom stereocenters. The first kappa shape index (κ1) is 29.8. The Kier molecular flexibility index (Phi) is 8.50. The van der Waals surface area contributed by atoms with E-state index in [0.717, 1.165) is 29.6 Å². The van der Waals surface area contributed by atoms with Gasteiger partial charge in [-0.2, -0.15) is 31.3 Å². The molecule has 14 heteroatoms. The summed E-state index contributed by atoms with van der Waals surface area (Å²) in [7, 11) is -0.799. The number of alkyl halides is 6. The van der Waals surface area contributed by atoms with Gasteiger partial charge in [-0.05, 0) is 67.9 Å². The molecule has 218 valence electrons. The maximum Gasteiger partial charge on any atom is 0.416 e. The van der Waals surface area contributed by atoms with Crippen LogP contribution in [0.5, 0.6) is 0 Å². The van der Waals surface area contributed by atoms with Crippen LogP contribution in [0.1, 0.15) is 36.8 Å². The first-order valence-electron chi connectivity index (χ1n) is 12.6. The average molecular weight is 590 g/mol. The molecule has 1 heterocycles. The Labute approximate surface area is 228 Å². The van der Waals surface area contributed by atoms with E-state index in [9.17, 15) is 34.8 Å². The fourth-order valence-corrected chi connectivity index (χ4v) is 5.93. The van der Waals surface area contributed by atoms with Crippen LogP contribution >= 0.6 is 0 Å². The molecule has 3 aromatic rings. The number of halogens is 6. The summed E-state index contributed by atoms with van der Waals surface area (Å²) in [5.41, 5.74) is -2.55. The number of rotatable bonds is 8. The summed E-state index contributed by atoms with van der Waals surface area (Å²) in [6.07, 6.45) is -7.46. The third-order valence-electron chi connectivity index (χ3n) is 6.96. The number of fused-ring (bicyclic) bond motifs is 1. The zero-order valence-corrected chi connectivity index (χ0v) is 22.6. The molecular formula is C26H29F6N5O2S. The Bertz CT molecular complexity index is 1420. The smallest absolute Gasteiger partial charge is 0.362 e. The van der Waals surface area contributed by atoms with Gasteiger partial charge in [-0.15, -0.1) is 0 Å². The van der Waals surface area contributed by atoms with Crippen LogP contribution in [0.4, 0.5) is 38.1 Å². The van der Waals surface area contributed by atoms with E-state index in [2.05, 4.69) is 20.0 Å². The van der Waals surface area contributed by atoms with Gasteiger partial charge in [-0.3, -0.25) is 0 Å². The number of hydrogen-bond donors (Lipinski definition) is 2. The second-order valence-electron chi connectivity index (χ2n) is 10.1. The van der Waals surface area contributed by atoms with E-state index in [1.165, 1.54) is 0 Å². The van der Waals surface area contributed by atoms with Crippen molar-refractivity contribution in [2.24, 2.45) is 11.8 Å².